The van der Waals surface area contributed by atoms with E-state index in [0.717, 1.165) is 71.3 Å². The van der Waals surface area contributed by atoms with Gasteiger partial charge in [-0.1, -0.05) is 103 Å². The monoisotopic (exact) mass is 615 g/mol. The first-order valence-electron chi connectivity index (χ1n) is 15.9. The zero-order valence-electron chi connectivity index (χ0n) is 25.6. The largest absolute Gasteiger partial charge is 0.456 e. The van der Waals surface area contributed by atoms with Crippen molar-refractivity contribution < 1.29 is 8.83 Å². The Morgan fingerprint density at radius 2 is 0.896 bits per heavy atom. The van der Waals surface area contributed by atoms with Crippen LogP contribution in [0.1, 0.15) is 0 Å². The second-order valence-electron chi connectivity index (χ2n) is 12.0. The molecule has 0 saturated carbocycles. The summed E-state index contributed by atoms with van der Waals surface area (Å²) in [6.07, 6.45) is 0. The van der Waals surface area contributed by atoms with E-state index in [0.29, 0.717) is 17.5 Å². The number of fused-ring (bicyclic) bond motifs is 7. The number of hydrogen-bond acceptors (Lipinski definition) is 5. The van der Waals surface area contributed by atoms with Crippen LogP contribution in [0.15, 0.2) is 160 Å². The molecule has 0 bridgehead atoms. The van der Waals surface area contributed by atoms with Crippen LogP contribution < -0.4 is 0 Å². The van der Waals surface area contributed by atoms with Crippen molar-refractivity contribution in [2.75, 3.05) is 0 Å². The summed E-state index contributed by atoms with van der Waals surface area (Å²) in [5.74, 6) is 1.78. The van der Waals surface area contributed by atoms with Crippen LogP contribution in [0.3, 0.4) is 0 Å². The minimum Gasteiger partial charge on any atom is -0.456 e. The molecule has 3 heterocycles. The molecule has 7 aromatic carbocycles. The lowest BCUT2D eigenvalue weighted by Gasteiger charge is -2.10. The van der Waals surface area contributed by atoms with Gasteiger partial charge in [-0.25, -0.2) is 15.0 Å². The average molecular weight is 616 g/mol. The van der Waals surface area contributed by atoms with Crippen molar-refractivity contribution in [1.82, 2.24) is 15.0 Å². The lowest BCUT2D eigenvalue weighted by Crippen LogP contribution is -2.00. The minimum absolute atomic E-state index is 0.587. The molecule has 3 aromatic heterocycles. The summed E-state index contributed by atoms with van der Waals surface area (Å²) in [4.78, 5) is 15.3. The van der Waals surface area contributed by atoms with E-state index < -0.39 is 0 Å². The maximum Gasteiger partial charge on any atom is 0.164 e. The number of benzene rings is 7. The Morgan fingerprint density at radius 3 is 1.71 bits per heavy atom. The fraction of sp³-hybridized carbons (Fsp3) is 0. The van der Waals surface area contributed by atoms with Crippen LogP contribution in [0.25, 0.3) is 99.9 Å². The van der Waals surface area contributed by atoms with E-state index in [1.54, 1.807) is 0 Å². The smallest absolute Gasteiger partial charge is 0.164 e. The Balaban J connectivity index is 1.18. The molecule has 5 nitrogen and oxygen atoms in total. The van der Waals surface area contributed by atoms with E-state index in [1.165, 1.54) is 11.1 Å². The molecule has 224 valence electrons. The first-order chi connectivity index (χ1) is 23.7. The molecule has 0 aliphatic carbocycles. The van der Waals surface area contributed by atoms with E-state index in [-0.39, 0.29) is 0 Å². The zero-order valence-corrected chi connectivity index (χ0v) is 25.6. The molecule has 0 amide bonds. The number of para-hydroxylation sites is 2. The van der Waals surface area contributed by atoms with Gasteiger partial charge in [-0.15, -0.1) is 0 Å². The molecule has 0 saturated heterocycles. The predicted molar refractivity (Wildman–Crippen MR) is 194 cm³/mol. The third-order valence-electron chi connectivity index (χ3n) is 9.12. The van der Waals surface area contributed by atoms with Gasteiger partial charge in [0.1, 0.15) is 22.3 Å². The van der Waals surface area contributed by atoms with Crippen molar-refractivity contribution in [1.29, 1.82) is 0 Å². The third-order valence-corrected chi connectivity index (χ3v) is 9.12. The van der Waals surface area contributed by atoms with Gasteiger partial charge in [0.25, 0.3) is 0 Å². The van der Waals surface area contributed by atoms with Crippen molar-refractivity contribution in [3.05, 3.63) is 152 Å². The second kappa shape index (κ2) is 10.5. The van der Waals surface area contributed by atoms with Crippen LogP contribution in [0.5, 0.6) is 0 Å². The van der Waals surface area contributed by atoms with E-state index in [9.17, 15) is 0 Å². The summed E-state index contributed by atoms with van der Waals surface area (Å²) in [6.45, 7) is 0. The number of nitrogens with zero attached hydrogens (tertiary/aromatic N) is 3. The van der Waals surface area contributed by atoms with Gasteiger partial charge >= 0.3 is 0 Å². The summed E-state index contributed by atoms with van der Waals surface area (Å²) in [5, 5.41) is 6.36. The Labute approximate surface area is 274 Å². The summed E-state index contributed by atoms with van der Waals surface area (Å²) < 4.78 is 12.4. The summed E-state index contributed by atoms with van der Waals surface area (Å²) >= 11 is 0. The van der Waals surface area contributed by atoms with Gasteiger partial charge < -0.3 is 8.83 Å². The predicted octanol–water partition coefficient (Wildman–Crippen LogP) is 11.5. The Hall–Kier alpha value is -6.59. The summed E-state index contributed by atoms with van der Waals surface area (Å²) in [7, 11) is 0. The maximum atomic E-state index is 6.23. The van der Waals surface area contributed by atoms with Gasteiger partial charge in [-0.05, 0) is 70.4 Å². The quantitative estimate of drug-likeness (QED) is 0.197. The maximum absolute atomic E-state index is 6.23. The molecule has 10 aromatic rings. The molecule has 0 unspecified atom stereocenters. The Kier molecular flexibility index (Phi) is 5.81. The Bertz CT molecular complexity index is 2850. The minimum atomic E-state index is 0.587. The average Bonchev–Trinajstić information content (AvgIpc) is 3.73. The van der Waals surface area contributed by atoms with Gasteiger partial charge in [0.2, 0.25) is 0 Å². The topological polar surface area (TPSA) is 65.0 Å². The number of furan rings is 2. The number of hydrogen-bond donors (Lipinski definition) is 0. The van der Waals surface area contributed by atoms with Crippen molar-refractivity contribution in [2.45, 2.75) is 0 Å². The van der Waals surface area contributed by atoms with E-state index in [2.05, 4.69) is 84.9 Å². The highest BCUT2D eigenvalue weighted by molar-refractivity contribution is 6.12. The molecule has 48 heavy (non-hydrogen) atoms. The number of rotatable bonds is 4. The van der Waals surface area contributed by atoms with Gasteiger partial charge in [-0.2, -0.15) is 0 Å². The van der Waals surface area contributed by atoms with Crippen molar-refractivity contribution in [3.63, 3.8) is 0 Å². The van der Waals surface area contributed by atoms with Crippen LogP contribution in [0.4, 0.5) is 0 Å². The molecule has 0 atom stereocenters. The lowest BCUT2D eigenvalue weighted by atomic mass is 10.00. The van der Waals surface area contributed by atoms with Gasteiger partial charge in [0, 0.05) is 38.2 Å². The number of aromatic nitrogens is 3. The molecular weight excluding hydrogens is 590 g/mol. The second-order valence-corrected chi connectivity index (χ2v) is 12.0. The fourth-order valence-electron chi connectivity index (χ4n) is 6.78. The van der Waals surface area contributed by atoms with Crippen molar-refractivity contribution >= 4 is 54.6 Å². The standard InChI is InChI=1S/C43H25N3O2/c1-2-9-26(10-3-1)27-17-18-29-24-30(20-19-28(29)23-27)41-44-42(31-21-22-38-35(25-31)32-11-4-6-14-36(32)47-38)46-43(45-41)34-13-8-16-39-40(34)33-12-5-7-15-37(33)48-39/h1-25H. The first kappa shape index (κ1) is 26.6. The van der Waals surface area contributed by atoms with E-state index in [1.807, 2.05) is 66.7 Å². The van der Waals surface area contributed by atoms with Gasteiger partial charge in [-0.3, -0.25) is 0 Å². The van der Waals surface area contributed by atoms with Crippen LogP contribution >= 0.6 is 0 Å². The normalized spacial score (nSPS) is 11.8. The van der Waals surface area contributed by atoms with E-state index in [4.69, 9.17) is 23.8 Å². The molecule has 0 fully saturated rings. The fourth-order valence-corrected chi connectivity index (χ4v) is 6.78. The molecule has 5 heteroatoms. The van der Waals surface area contributed by atoms with Gasteiger partial charge in [0.15, 0.2) is 17.5 Å². The third kappa shape index (κ3) is 4.29. The van der Waals surface area contributed by atoms with Crippen LogP contribution in [-0.4, -0.2) is 15.0 Å². The van der Waals surface area contributed by atoms with Crippen LogP contribution in [-0.2, 0) is 0 Å². The zero-order chi connectivity index (χ0) is 31.6. The highest BCUT2D eigenvalue weighted by atomic mass is 16.3. The van der Waals surface area contributed by atoms with Crippen molar-refractivity contribution in [2.24, 2.45) is 0 Å². The molecule has 0 N–H and O–H groups in total. The molecule has 0 aliphatic heterocycles. The molecule has 0 spiro atoms. The lowest BCUT2D eigenvalue weighted by molar-refractivity contribution is 0.668. The molecular formula is C43H25N3O2. The van der Waals surface area contributed by atoms with Crippen molar-refractivity contribution in [3.8, 4) is 45.3 Å². The van der Waals surface area contributed by atoms with Gasteiger partial charge in [0.05, 0.1) is 0 Å². The first-order valence-corrected chi connectivity index (χ1v) is 15.9. The molecule has 10 rings (SSSR count). The highest BCUT2D eigenvalue weighted by Gasteiger charge is 2.19. The highest BCUT2D eigenvalue weighted by Crippen LogP contribution is 2.38. The molecule has 0 radical (unpaired) electrons. The van der Waals surface area contributed by atoms with Crippen LogP contribution in [0, 0.1) is 0 Å². The molecule has 0 aliphatic rings. The SMILES string of the molecule is c1ccc(-c2ccc3cc(-c4nc(-c5ccc6oc7ccccc7c6c5)nc(-c5cccc6oc7ccccc7c56)n4)ccc3c2)cc1. The Morgan fingerprint density at radius 1 is 0.333 bits per heavy atom. The summed E-state index contributed by atoms with van der Waals surface area (Å²) in [6, 6.07) is 51.8. The van der Waals surface area contributed by atoms with Crippen LogP contribution in [0.2, 0.25) is 0 Å². The van der Waals surface area contributed by atoms with E-state index >= 15 is 0 Å². The summed E-state index contributed by atoms with van der Waals surface area (Å²) in [5.41, 5.74) is 8.38.